The van der Waals surface area contributed by atoms with Crippen molar-refractivity contribution < 1.29 is 9.59 Å². The zero-order chi connectivity index (χ0) is 13.7. The van der Waals surface area contributed by atoms with E-state index >= 15 is 0 Å². The highest BCUT2D eigenvalue weighted by Crippen LogP contribution is 2.21. The molecule has 0 saturated carbocycles. The number of hydrogen-bond acceptors (Lipinski definition) is 6. The Balaban J connectivity index is 2.72. The Labute approximate surface area is 108 Å². The topological polar surface area (TPSA) is 129 Å². The second-order valence-corrected chi connectivity index (χ2v) is 4.89. The third kappa shape index (κ3) is 3.70. The van der Waals surface area contributed by atoms with Crippen LogP contribution in [0.25, 0.3) is 0 Å². The van der Waals surface area contributed by atoms with E-state index in [1.165, 1.54) is 11.8 Å². The van der Waals surface area contributed by atoms with Crippen molar-refractivity contribution in [2.75, 3.05) is 6.54 Å². The van der Waals surface area contributed by atoms with Crippen molar-refractivity contribution in [1.29, 1.82) is 0 Å². The third-order valence-corrected chi connectivity index (χ3v) is 3.23. The molecule has 0 radical (unpaired) electrons. The quantitative estimate of drug-likeness (QED) is 0.603. The predicted molar refractivity (Wildman–Crippen MR) is 66.9 cm³/mol. The van der Waals surface area contributed by atoms with Gasteiger partial charge in [-0.05, 0) is 13.8 Å². The van der Waals surface area contributed by atoms with Crippen molar-refractivity contribution in [3.8, 4) is 0 Å². The fourth-order valence-corrected chi connectivity index (χ4v) is 2.19. The van der Waals surface area contributed by atoms with Crippen LogP contribution in [0.15, 0.2) is 5.16 Å². The Hall–Kier alpha value is -1.61. The summed E-state index contributed by atoms with van der Waals surface area (Å²) in [5.74, 6) is 0.262. The van der Waals surface area contributed by atoms with Gasteiger partial charge in [0.25, 0.3) is 0 Å². The molecule has 0 aliphatic heterocycles. The van der Waals surface area contributed by atoms with Crippen LogP contribution in [-0.4, -0.2) is 38.5 Å². The Kier molecular flexibility index (Phi) is 5.10. The number of primary amides is 1. The van der Waals surface area contributed by atoms with E-state index in [2.05, 4.69) is 10.2 Å². The van der Waals surface area contributed by atoms with E-state index in [4.69, 9.17) is 11.5 Å². The van der Waals surface area contributed by atoms with Gasteiger partial charge in [0.05, 0.1) is 5.25 Å². The molecule has 1 rings (SSSR count). The minimum atomic E-state index is -0.868. The summed E-state index contributed by atoms with van der Waals surface area (Å²) in [6, 6.07) is -0.868. The molecule has 0 aliphatic carbocycles. The number of nitrogens with two attached hydrogens (primary N) is 2. The smallest absolute Gasteiger partial charge is 0.318 e. The van der Waals surface area contributed by atoms with Gasteiger partial charge in [-0.15, -0.1) is 10.2 Å². The number of hydrogen-bond donors (Lipinski definition) is 3. The lowest BCUT2D eigenvalue weighted by atomic mass is 10.4. The maximum atomic E-state index is 11.5. The SMILES string of the molecule is Cc1nnc(SC(C)C(=O)NC(N)=O)n1CCN. The van der Waals surface area contributed by atoms with E-state index in [-0.39, 0.29) is 0 Å². The monoisotopic (exact) mass is 272 g/mol. The first-order chi connectivity index (χ1) is 8.45. The minimum Gasteiger partial charge on any atom is -0.351 e. The molecule has 0 aliphatic rings. The Bertz CT molecular complexity index is 446. The van der Waals surface area contributed by atoms with Crippen molar-refractivity contribution >= 4 is 23.7 Å². The summed E-state index contributed by atoms with van der Waals surface area (Å²) in [5.41, 5.74) is 10.4. The molecule has 1 aromatic rings. The number of amides is 3. The van der Waals surface area contributed by atoms with Gasteiger partial charge in [0.1, 0.15) is 5.82 Å². The lowest BCUT2D eigenvalue weighted by Crippen LogP contribution is -2.39. The predicted octanol–water partition coefficient (Wildman–Crippen LogP) is -0.779. The first-order valence-corrected chi connectivity index (χ1v) is 6.20. The number of urea groups is 1. The van der Waals surface area contributed by atoms with E-state index in [1.807, 2.05) is 9.88 Å². The summed E-state index contributed by atoms with van der Waals surface area (Å²) < 4.78 is 1.82. The molecule has 18 heavy (non-hydrogen) atoms. The average Bonchev–Trinajstić information content (AvgIpc) is 2.61. The Morgan fingerprint density at radius 3 is 2.72 bits per heavy atom. The molecule has 8 nitrogen and oxygen atoms in total. The second kappa shape index (κ2) is 6.36. The van der Waals surface area contributed by atoms with Crippen molar-refractivity contribution in [2.24, 2.45) is 11.5 Å². The first kappa shape index (κ1) is 14.5. The molecule has 100 valence electrons. The molecule has 1 heterocycles. The zero-order valence-electron chi connectivity index (χ0n) is 10.2. The molecule has 0 fully saturated rings. The maximum absolute atomic E-state index is 11.5. The van der Waals surface area contributed by atoms with Gasteiger partial charge < -0.3 is 16.0 Å². The van der Waals surface area contributed by atoms with Crippen LogP contribution >= 0.6 is 11.8 Å². The van der Waals surface area contributed by atoms with Gasteiger partial charge in [-0.2, -0.15) is 0 Å². The normalized spacial score (nSPS) is 12.2. The zero-order valence-corrected chi connectivity index (χ0v) is 11.0. The molecule has 1 unspecified atom stereocenters. The van der Waals surface area contributed by atoms with E-state index in [1.54, 1.807) is 13.8 Å². The fraction of sp³-hybridized carbons (Fsp3) is 0.556. The van der Waals surface area contributed by atoms with Gasteiger partial charge in [0.15, 0.2) is 5.16 Å². The molecule has 3 amide bonds. The number of aromatic nitrogens is 3. The number of aryl methyl sites for hydroxylation is 1. The Morgan fingerprint density at radius 2 is 2.17 bits per heavy atom. The maximum Gasteiger partial charge on any atom is 0.318 e. The lowest BCUT2D eigenvalue weighted by Gasteiger charge is -2.11. The third-order valence-electron chi connectivity index (χ3n) is 2.15. The number of nitrogens with zero attached hydrogens (tertiary/aromatic N) is 3. The van der Waals surface area contributed by atoms with Crippen LogP contribution in [0.4, 0.5) is 4.79 Å². The second-order valence-electron chi connectivity index (χ2n) is 3.58. The summed E-state index contributed by atoms with van der Waals surface area (Å²) in [5, 5.41) is 9.99. The highest BCUT2D eigenvalue weighted by Gasteiger charge is 2.19. The fourth-order valence-electron chi connectivity index (χ4n) is 1.27. The van der Waals surface area contributed by atoms with Gasteiger partial charge in [-0.3, -0.25) is 10.1 Å². The minimum absolute atomic E-state index is 0.453. The number of imide groups is 1. The molecule has 0 saturated heterocycles. The summed E-state index contributed by atoms with van der Waals surface area (Å²) in [7, 11) is 0. The van der Waals surface area contributed by atoms with Crippen LogP contribution < -0.4 is 16.8 Å². The van der Waals surface area contributed by atoms with Gasteiger partial charge in [-0.25, -0.2) is 4.79 Å². The highest BCUT2D eigenvalue weighted by molar-refractivity contribution is 8.00. The molecular formula is C9H16N6O2S. The molecule has 1 aromatic heterocycles. The lowest BCUT2D eigenvalue weighted by molar-refractivity contribution is -0.119. The van der Waals surface area contributed by atoms with Crippen LogP contribution in [-0.2, 0) is 11.3 Å². The highest BCUT2D eigenvalue weighted by atomic mass is 32.2. The van der Waals surface area contributed by atoms with E-state index in [0.29, 0.717) is 18.2 Å². The number of carbonyl (C=O) groups is 2. The first-order valence-electron chi connectivity index (χ1n) is 5.32. The van der Waals surface area contributed by atoms with Crippen LogP contribution in [0.5, 0.6) is 0 Å². The van der Waals surface area contributed by atoms with Crippen molar-refractivity contribution in [2.45, 2.75) is 30.8 Å². The van der Waals surface area contributed by atoms with Gasteiger partial charge in [0.2, 0.25) is 5.91 Å². The summed E-state index contributed by atoms with van der Waals surface area (Å²) in [6.07, 6.45) is 0. The van der Waals surface area contributed by atoms with E-state index in [0.717, 1.165) is 5.82 Å². The van der Waals surface area contributed by atoms with Crippen LogP contribution in [0.2, 0.25) is 0 Å². The van der Waals surface area contributed by atoms with Crippen molar-refractivity contribution in [3.05, 3.63) is 5.82 Å². The molecule has 9 heteroatoms. The number of rotatable bonds is 5. The van der Waals surface area contributed by atoms with Gasteiger partial charge >= 0.3 is 6.03 Å². The molecule has 1 atom stereocenters. The van der Waals surface area contributed by atoms with Crippen LogP contribution in [0, 0.1) is 6.92 Å². The number of nitrogens with one attached hydrogen (secondary N) is 1. The van der Waals surface area contributed by atoms with E-state index in [9.17, 15) is 9.59 Å². The van der Waals surface area contributed by atoms with Crippen LogP contribution in [0.1, 0.15) is 12.7 Å². The molecule has 0 spiro atoms. The molecule has 0 bridgehead atoms. The van der Waals surface area contributed by atoms with Crippen molar-refractivity contribution in [3.63, 3.8) is 0 Å². The average molecular weight is 272 g/mol. The molecule has 5 N–H and O–H groups in total. The molecule has 0 aromatic carbocycles. The van der Waals surface area contributed by atoms with Crippen molar-refractivity contribution in [1.82, 2.24) is 20.1 Å². The largest absolute Gasteiger partial charge is 0.351 e. The van der Waals surface area contributed by atoms with Crippen LogP contribution in [0.3, 0.4) is 0 Å². The number of carbonyl (C=O) groups excluding carboxylic acids is 2. The Morgan fingerprint density at radius 1 is 1.50 bits per heavy atom. The summed E-state index contributed by atoms with van der Waals surface area (Å²) >= 11 is 1.20. The van der Waals surface area contributed by atoms with Gasteiger partial charge in [-0.1, -0.05) is 11.8 Å². The van der Waals surface area contributed by atoms with E-state index < -0.39 is 17.2 Å². The summed E-state index contributed by atoms with van der Waals surface area (Å²) in [4.78, 5) is 22.1. The number of thioether (sulfide) groups is 1. The summed E-state index contributed by atoms with van der Waals surface area (Å²) in [6.45, 7) is 4.49. The molecular weight excluding hydrogens is 256 g/mol. The van der Waals surface area contributed by atoms with Gasteiger partial charge in [0, 0.05) is 13.1 Å². The standard InChI is InChI=1S/C9H16N6O2S/c1-5(7(16)12-8(11)17)18-9-14-13-6(2)15(9)4-3-10/h5H,3-4,10H2,1-2H3,(H3,11,12,16,17).